The van der Waals surface area contributed by atoms with Crippen molar-refractivity contribution in [2.45, 2.75) is 13.8 Å². The van der Waals surface area contributed by atoms with Gasteiger partial charge >= 0.3 is 0 Å². The number of nitrogen functional groups attached to an aromatic ring is 1. The average molecular weight is 280 g/mol. The summed E-state index contributed by atoms with van der Waals surface area (Å²) in [5, 5.41) is 0.0931. The van der Waals surface area contributed by atoms with E-state index in [1.165, 1.54) is 0 Å². The zero-order valence-electron chi connectivity index (χ0n) is 10.7. The number of rotatable bonds is 4. The molecule has 6 heteroatoms. The van der Waals surface area contributed by atoms with E-state index in [4.69, 9.17) is 26.8 Å². The van der Waals surface area contributed by atoms with Crippen molar-refractivity contribution >= 4 is 17.3 Å². The van der Waals surface area contributed by atoms with Gasteiger partial charge in [-0.2, -0.15) is 4.98 Å². The SMILES string of the molecule is CCOc1ccccc1Oc1nc(Cl)nc(C)c1N. The minimum absolute atomic E-state index is 0.0931. The maximum absolute atomic E-state index is 5.87. The topological polar surface area (TPSA) is 70.3 Å². The summed E-state index contributed by atoms with van der Waals surface area (Å²) in [6, 6.07) is 7.28. The van der Waals surface area contributed by atoms with E-state index in [9.17, 15) is 0 Å². The number of aromatic nitrogens is 2. The van der Waals surface area contributed by atoms with Gasteiger partial charge < -0.3 is 15.2 Å². The van der Waals surface area contributed by atoms with E-state index in [2.05, 4.69) is 9.97 Å². The lowest BCUT2D eigenvalue weighted by molar-refractivity contribution is 0.319. The van der Waals surface area contributed by atoms with Gasteiger partial charge in [-0.25, -0.2) is 4.98 Å². The Hall–Kier alpha value is -2.01. The number of aryl methyl sites for hydroxylation is 1. The molecule has 0 spiro atoms. The lowest BCUT2D eigenvalue weighted by Crippen LogP contribution is -2.02. The number of hydrogen-bond acceptors (Lipinski definition) is 5. The lowest BCUT2D eigenvalue weighted by Gasteiger charge is -2.12. The van der Waals surface area contributed by atoms with Crippen molar-refractivity contribution in [2.75, 3.05) is 12.3 Å². The largest absolute Gasteiger partial charge is 0.490 e. The quantitative estimate of drug-likeness (QED) is 0.870. The second kappa shape index (κ2) is 5.75. The van der Waals surface area contributed by atoms with E-state index in [0.717, 1.165) is 0 Å². The van der Waals surface area contributed by atoms with Gasteiger partial charge in [-0.3, -0.25) is 0 Å². The third-order valence-corrected chi connectivity index (χ3v) is 2.60. The van der Waals surface area contributed by atoms with Crippen molar-refractivity contribution in [3.63, 3.8) is 0 Å². The smallest absolute Gasteiger partial charge is 0.247 e. The van der Waals surface area contributed by atoms with Gasteiger partial charge in [0.1, 0.15) is 5.69 Å². The fraction of sp³-hybridized carbons (Fsp3) is 0.231. The molecular formula is C13H14ClN3O2. The van der Waals surface area contributed by atoms with Crippen molar-refractivity contribution in [2.24, 2.45) is 0 Å². The lowest BCUT2D eigenvalue weighted by atomic mass is 10.3. The number of nitrogens with zero attached hydrogens (tertiary/aromatic N) is 2. The summed E-state index contributed by atoms with van der Waals surface area (Å²) < 4.78 is 11.1. The number of benzene rings is 1. The van der Waals surface area contributed by atoms with Gasteiger partial charge in [-0.05, 0) is 37.6 Å². The minimum atomic E-state index is 0.0931. The molecule has 0 amide bonds. The van der Waals surface area contributed by atoms with Crippen molar-refractivity contribution in [3.05, 3.63) is 35.2 Å². The highest BCUT2D eigenvalue weighted by Gasteiger charge is 2.12. The predicted molar refractivity (Wildman–Crippen MR) is 73.9 cm³/mol. The molecule has 0 atom stereocenters. The highest BCUT2D eigenvalue weighted by molar-refractivity contribution is 6.28. The van der Waals surface area contributed by atoms with Crippen molar-refractivity contribution in [3.8, 4) is 17.4 Å². The highest BCUT2D eigenvalue weighted by Crippen LogP contribution is 2.34. The van der Waals surface area contributed by atoms with Crippen LogP contribution in [0.5, 0.6) is 17.4 Å². The Morgan fingerprint density at radius 2 is 1.89 bits per heavy atom. The van der Waals surface area contributed by atoms with Crippen LogP contribution in [0, 0.1) is 6.92 Å². The van der Waals surface area contributed by atoms with Gasteiger partial charge in [-0.15, -0.1) is 0 Å². The fourth-order valence-corrected chi connectivity index (χ4v) is 1.72. The molecule has 0 unspecified atom stereocenters. The first-order valence-electron chi connectivity index (χ1n) is 5.81. The minimum Gasteiger partial charge on any atom is -0.490 e. The van der Waals surface area contributed by atoms with Crippen LogP contribution in [0.4, 0.5) is 5.69 Å². The summed E-state index contributed by atoms with van der Waals surface area (Å²) in [4.78, 5) is 7.93. The Balaban J connectivity index is 2.36. The van der Waals surface area contributed by atoms with E-state index in [1.54, 1.807) is 13.0 Å². The zero-order valence-corrected chi connectivity index (χ0v) is 11.4. The monoisotopic (exact) mass is 279 g/mol. The van der Waals surface area contributed by atoms with E-state index in [-0.39, 0.29) is 11.2 Å². The highest BCUT2D eigenvalue weighted by atomic mass is 35.5. The number of hydrogen-bond donors (Lipinski definition) is 1. The van der Waals surface area contributed by atoms with E-state index in [1.807, 2.05) is 25.1 Å². The van der Waals surface area contributed by atoms with Gasteiger partial charge in [0.25, 0.3) is 0 Å². The van der Waals surface area contributed by atoms with Crippen molar-refractivity contribution < 1.29 is 9.47 Å². The molecule has 0 radical (unpaired) electrons. The van der Waals surface area contributed by atoms with Crippen molar-refractivity contribution in [1.82, 2.24) is 9.97 Å². The first-order chi connectivity index (χ1) is 9.11. The molecule has 0 aliphatic rings. The summed E-state index contributed by atoms with van der Waals surface area (Å²) >= 11 is 5.80. The maximum Gasteiger partial charge on any atom is 0.247 e. The Labute approximate surface area is 116 Å². The number of halogens is 1. The third kappa shape index (κ3) is 3.06. The molecule has 19 heavy (non-hydrogen) atoms. The van der Waals surface area contributed by atoms with Crippen LogP contribution in [0.25, 0.3) is 0 Å². The molecule has 0 fully saturated rings. The Morgan fingerprint density at radius 3 is 2.58 bits per heavy atom. The second-order valence-electron chi connectivity index (χ2n) is 3.78. The van der Waals surface area contributed by atoms with Crippen LogP contribution in [-0.4, -0.2) is 16.6 Å². The normalized spacial score (nSPS) is 10.3. The van der Waals surface area contributed by atoms with Gasteiger partial charge in [0.2, 0.25) is 11.2 Å². The van der Waals surface area contributed by atoms with Crippen LogP contribution in [0.1, 0.15) is 12.6 Å². The van der Waals surface area contributed by atoms with Crippen LogP contribution >= 0.6 is 11.6 Å². The molecule has 0 aliphatic carbocycles. The van der Waals surface area contributed by atoms with Crippen molar-refractivity contribution in [1.29, 1.82) is 0 Å². The van der Waals surface area contributed by atoms with Crippen LogP contribution in [-0.2, 0) is 0 Å². The predicted octanol–water partition coefficient (Wildman–Crippen LogP) is 3.21. The van der Waals surface area contributed by atoms with Crippen LogP contribution in [0.3, 0.4) is 0 Å². The molecular weight excluding hydrogens is 266 g/mol. The zero-order chi connectivity index (χ0) is 13.8. The first kappa shape index (κ1) is 13.4. The number of anilines is 1. The first-order valence-corrected chi connectivity index (χ1v) is 6.19. The molecule has 1 aromatic carbocycles. The molecule has 5 nitrogen and oxygen atoms in total. The molecule has 0 saturated carbocycles. The summed E-state index contributed by atoms with van der Waals surface area (Å²) in [5.74, 6) is 1.38. The molecule has 100 valence electrons. The maximum atomic E-state index is 5.87. The molecule has 1 heterocycles. The number of para-hydroxylation sites is 2. The van der Waals surface area contributed by atoms with Gasteiger partial charge in [0.15, 0.2) is 11.5 Å². The molecule has 2 rings (SSSR count). The fourth-order valence-electron chi connectivity index (χ4n) is 1.51. The molecule has 0 aliphatic heterocycles. The average Bonchev–Trinajstić information content (AvgIpc) is 2.38. The number of nitrogens with two attached hydrogens (primary N) is 1. The summed E-state index contributed by atoms with van der Waals surface area (Å²) in [6.45, 7) is 4.18. The standard InChI is InChI=1S/C13H14ClN3O2/c1-3-18-9-6-4-5-7-10(9)19-12-11(15)8(2)16-13(14)17-12/h4-7H,3,15H2,1-2H3. The molecule has 2 N–H and O–H groups in total. The Bertz CT molecular complexity index is 590. The summed E-state index contributed by atoms with van der Waals surface area (Å²) in [5.41, 5.74) is 6.80. The molecule has 0 saturated heterocycles. The number of ether oxygens (including phenoxy) is 2. The Kier molecular flexibility index (Phi) is 4.06. The van der Waals surface area contributed by atoms with E-state index >= 15 is 0 Å². The van der Waals surface area contributed by atoms with Crippen LogP contribution in [0.15, 0.2) is 24.3 Å². The summed E-state index contributed by atoms with van der Waals surface area (Å²) in [6.07, 6.45) is 0. The molecule has 0 bridgehead atoms. The van der Waals surface area contributed by atoms with Crippen LogP contribution < -0.4 is 15.2 Å². The second-order valence-corrected chi connectivity index (χ2v) is 4.12. The Morgan fingerprint density at radius 1 is 1.21 bits per heavy atom. The third-order valence-electron chi connectivity index (χ3n) is 2.43. The van der Waals surface area contributed by atoms with Gasteiger partial charge in [-0.1, -0.05) is 12.1 Å². The van der Waals surface area contributed by atoms with Gasteiger partial charge in [0.05, 0.1) is 12.3 Å². The molecule has 1 aromatic heterocycles. The van der Waals surface area contributed by atoms with Crippen LogP contribution in [0.2, 0.25) is 5.28 Å². The van der Waals surface area contributed by atoms with E-state index in [0.29, 0.717) is 29.5 Å². The van der Waals surface area contributed by atoms with E-state index < -0.39 is 0 Å². The summed E-state index contributed by atoms with van der Waals surface area (Å²) in [7, 11) is 0. The molecule has 2 aromatic rings. The van der Waals surface area contributed by atoms with Gasteiger partial charge in [0, 0.05) is 0 Å².